The van der Waals surface area contributed by atoms with Gasteiger partial charge in [-0.1, -0.05) is 57.0 Å². The van der Waals surface area contributed by atoms with Crippen molar-refractivity contribution < 1.29 is 4.79 Å². The zero-order valence-electron chi connectivity index (χ0n) is 11.9. The fourth-order valence-corrected chi connectivity index (χ4v) is 2.38. The normalized spacial score (nSPS) is 13.1. The molecule has 3 N–H and O–H groups in total. The summed E-state index contributed by atoms with van der Waals surface area (Å²) in [6.45, 7) is 6.65. The van der Waals surface area contributed by atoms with Crippen molar-refractivity contribution in [1.29, 1.82) is 0 Å². The summed E-state index contributed by atoms with van der Waals surface area (Å²) in [4.78, 5) is 11.8. The average Bonchev–Trinajstić information content (AvgIpc) is 2.36. The van der Waals surface area contributed by atoms with E-state index in [-0.39, 0.29) is 11.3 Å². The van der Waals surface area contributed by atoms with Crippen LogP contribution in [0.1, 0.15) is 39.2 Å². The molecule has 0 aliphatic carbocycles. The Labute approximate surface area is 120 Å². The lowest BCUT2D eigenvalue weighted by Gasteiger charge is -2.27. The molecule has 0 heterocycles. The van der Waals surface area contributed by atoms with Gasteiger partial charge in [-0.2, -0.15) is 0 Å². The van der Waals surface area contributed by atoms with Gasteiger partial charge in [0.15, 0.2) is 0 Å². The lowest BCUT2D eigenvalue weighted by Crippen LogP contribution is -2.45. The predicted molar refractivity (Wildman–Crippen MR) is 80.4 cm³/mol. The molecule has 0 spiro atoms. The second-order valence-corrected chi connectivity index (χ2v) is 5.88. The van der Waals surface area contributed by atoms with Crippen molar-refractivity contribution in [3.63, 3.8) is 0 Å². The van der Waals surface area contributed by atoms with E-state index in [2.05, 4.69) is 19.2 Å². The molecule has 1 atom stereocenters. The number of benzene rings is 1. The summed E-state index contributed by atoms with van der Waals surface area (Å²) < 4.78 is 0. The zero-order chi connectivity index (χ0) is 14.5. The smallest absolute Gasteiger partial charge is 0.236 e. The summed E-state index contributed by atoms with van der Waals surface area (Å²) in [5.74, 6) is -0.0954. The van der Waals surface area contributed by atoms with Gasteiger partial charge in [-0.05, 0) is 18.1 Å². The molecule has 1 aromatic rings. The monoisotopic (exact) mass is 282 g/mol. The first-order chi connectivity index (χ1) is 8.88. The van der Waals surface area contributed by atoms with Crippen LogP contribution in [0.3, 0.4) is 0 Å². The van der Waals surface area contributed by atoms with E-state index in [0.29, 0.717) is 13.0 Å². The molecule has 4 heteroatoms. The number of nitrogens with one attached hydrogen (secondary N) is 1. The van der Waals surface area contributed by atoms with Crippen molar-refractivity contribution in [2.75, 3.05) is 6.54 Å². The third-order valence-electron chi connectivity index (χ3n) is 3.24. The first-order valence-corrected chi connectivity index (χ1v) is 7.04. The van der Waals surface area contributed by atoms with Gasteiger partial charge in [-0.25, -0.2) is 0 Å². The molecule has 3 nitrogen and oxygen atoms in total. The fourth-order valence-electron chi connectivity index (χ4n) is 1.99. The van der Waals surface area contributed by atoms with Crippen molar-refractivity contribution in [2.24, 2.45) is 5.73 Å². The van der Waals surface area contributed by atoms with Crippen molar-refractivity contribution in [1.82, 2.24) is 5.32 Å². The van der Waals surface area contributed by atoms with Crippen LogP contribution in [-0.4, -0.2) is 18.5 Å². The topological polar surface area (TPSA) is 55.1 Å². The van der Waals surface area contributed by atoms with Gasteiger partial charge in [-0.3, -0.25) is 4.79 Å². The number of rotatable bonds is 6. The van der Waals surface area contributed by atoms with E-state index in [9.17, 15) is 4.79 Å². The Hall–Kier alpha value is -1.06. The molecule has 1 rings (SSSR count). The largest absolute Gasteiger partial charge is 0.354 e. The molecule has 0 saturated carbocycles. The number of halogens is 1. The van der Waals surface area contributed by atoms with Crippen molar-refractivity contribution in [3.05, 3.63) is 34.9 Å². The van der Waals surface area contributed by atoms with Crippen LogP contribution < -0.4 is 11.1 Å². The van der Waals surface area contributed by atoms with Crippen molar-refractivity contribution >= 4 is 17.5 Å². The van der Waals surface area contributed by atoms with Gasteiger partial charge in [0.05, 0.1) is 6.04 Å². The Bertz CT molecular complexity index is 432. The summed E-state index contributed by atoms with van der Waals surface area (Å²) in [7, 11) is 0. The summed E-state index contributed by atoms with van der Waals surface area (Å²) in [6, 6.07) is 7.28. The highest BCUT2D eigenvalue weighted by atomic mass is 35.5. The van der Waals surface area contributed by atoms with Crippen LogP contribution in [0, 0.1) is 0 Å². The van der Waals surface area contributed by atoms with E-state index in [1.165, 1.54) is 0 Å². The lowest BCUT2D eigenvalue weighted by molar-refractivity contribution is -0.122. The molecule has 0 aliphatic rings. The van der Waals surface area contributed by atoms with E-state index >= 15 is 0 Å². The molecular formula is C15H23ClN2O. The Morgan fingerprint density at radius 2 is 2.05 bits per heavy atom. The standard InChI is InChI=1S/C15H23ClN2O/c1-4-7-13(17)14(19)18-10-15(2,3)11-8-5-6-9-12(11)16/h5-6,8-9,13H,4,7,10,17H2,1-3H3,(H,18,19). The van der Waals surface area contributed by atoms with Gasteiger partial charge in [0.2, 0.25) is 5.91 Å². The van der Waals surface area contributed by atoms with Crippen LogP contribution in [0.2, 0.25) is 5.02 Å². The highest BCUT2D eigenvalue weighted by Gasteiger charge is 2.24. The van der Waals surface area contributed by atoms with Crippen LogP contribution in [0.15, 0.2) is 24.3 Å². The lowest BCUT2D eigenvalue weighted by atomic mass is 9.84. The molecule has 0 bridgehead atoms. The van der Waals surface area contributed by atoms with Crippen molar-refractivity contribution in [2.45, 2.75) is 45.1 Å². The maximum Gasteiger partial charge on any atom is 0.236 e. The molecule has 19 heavy (non-hydrogen) atoms. The number of hydrogen-bond acceptors (Lipinski definition) is 2. The fraction of sp³-hybridized carbons (Fsp3) is 0.533. The van der Waals surface area contributed by atoms with Crippen LogP contribution >= 0.6 is 11.6 Å². The second kappa shape index (κ2) is 6.92. The summed E-state index contributed by atoms with van der Waals surface area (Å²) in [5.41, 5.74) is 6.59. The molecule has 1 amide bonds. The minimum Gasteiger partial charge on any atom is -0.354 e. The van der Waals surface area contributed by atoms with Crippen LogP contribution in [0.4, 0.5) is 0 Å². The van der Waals surface area contributed by atoms with E-state index in [4.69, 9.17) is 17.3 Å². The average molecular weight is 283 g/mol. The predicted octanol–water partition coefficient (Wildman–Crippen LogP) is 2.86. The Morgan fingerprint density at radius 1 is 1.42 bits per heavy atom. The maximum absolute atomic E-state index is 11.8. The van der Waals surface area contributed by atoms with E-state index < -0.39 is 6.04 Å². The quantitative estimate of drug-likeness (QED) is 0.843. The number of carbonyl (C=O) groups is 1. The van der Waals surface area contributed by atoms with E-state index in [1.54, 1.807) is 0 Å². The van der Waals surface area contributed by atoms with Crippen molar-refractivity contribution in [3.8, 4) is 0 Å². The minimum absolute atomic E-state index is 0.0954. The number of carbonyl (C=O) groups excluding carboxylic acids is 1. The van der Waals surface area contributed by atoms with E-state index in [0.717, 1.165) is 17.0 Å². The van der Waals surface area contributed by atoms with Crippen LogP contribution in [-0.2, 0) is 10.2 Å². The number of nitrogens with two attached hydrogens (primary N) is 1. The molecule has 1 aromatic carbocycles. The van der Waals surface area contributed by atoms with E-state index in [1.807, 2.05) is 31.2 Å². The third kappa shape index (κ3) is 4.51. The number of hydrogen-bond donors (Lipinski definition) is 2. The summed E-state index contributed by atoms with van der Waals surface area (Å²) in [6.07, 6.45) is 1.61. The Morgan fingerprint density at radius 3 is 2.63 bits per heavy atom. The molecule has 0 saturated heterocycles. The van der Waals surface area contributed by atoms with Gasteiger partial charge in [0.25, 0.3) is 0 Å². The maximum atomic E-state index is 11.8. The van der Waals surface area contributed by atoms with Gasteiger partial charge in [0.1, 0.15) is 0 Å². The zero-order valence-corrected chi connectivity index (χ0v) is 12.6. The van der Waals surface area contributed by atoms with Gasteiger partial charge in [-0.15, -0.1) is 0 Å². The van der Waals surface area contributed by atoms with Gasteiger partial charge < -0.3 is 11.1 Å². The highest BCUT2D eigenvalue weighted by Crippen LogP contribution is 2.28. The number of amides is 1. The minimum atomic E-state index is -0.424. The molecule has 0 aliphatic heterocycles. The molecule has 0 aromatic heterocycles. The molecule has 0 radical (unpaired) electrons. The molecule has 106 valence electrons. The highest BCUT2D eigenvalue weighted by molar-refractivity contribution is 6.31. The second-order valence-electron chi connectivity index (χ2n) is 5.48. The third-order valence-corrected chi connectivity index (χ3v) is 3.57. The molecule has 1 unspecified atom stereocenters. The molecule has 0 fully saturated rings. The first kappa shape index (κ1) is 16.0. The Kier molecular flexibility index (Phi) is 5.83. The van der Waals surface area contributed by atoms with Crippen LogP contribution in [0.25, 0.3) is 0 Å². The van der Waals surface area contributed by atoms with Gasteiger partial charge >= 0.3 is 0 Å². The SMILES string of the molecule is CCCC(N)C(=O)NCC(C)(C)c1ccccc1Cl. The first-order valence-electron chi connectivity index (χ1n) is 6.66. The summed E-state index contributed by atoms with van der Waals surface area (Å²) in [5, 5.41) is 3.63. The van der Waals surface area contributed by atoms with Crippen LogP contribution in [0.5, 0.6) is 0 Å². The molecular weight excluding hydrogens is 260 g/mol. The Balaban J connectivity index is 2.66. The summed E-state index contributed by atoms with van der Waals surface area (Å²) >= 11 is 6.20. The van der Waals surface area contributed by atoms with Gasteiger partial charge in [0, 0.05) is 17.0 Å².